The van der Waals surface area contributed by atoms with E-state index in [0.29, 0.717) is 37.3 Å². The maximum absolute atomic E-state index is 12.4. The highest BCUT2D eigenvalue weighted by atomic mass is 16.7. The van der Waals surface area contributed by atoms with Gasteiger partial charge in [-0.15, -0.1) is 5.06 Å². The van der Waals surface area contributed by atoms with Crippen molar-refractivity contribution in [1.82, 2.24) is 25.2 Å². The van der Waals surface area contributed by atoms with Crippen LogP contribution in [0.1, 0.15) is 34.5 Å². The molecule has 4 heterocycles. The number of anilines is 1. The van der Waals surface area contributed by atoms with Gasteiger partial charge in [-0.1, -0.05) is 18.2 Å². The number of aromatic nitrogens is 2. The fourth-order valence-corrected chi connectivity index (χ4v) is 4.74. The lowest BCUT2D eigenvalue weighted by atomic mass is 10.1. The summed E-state index contributed by atoms with van der Waals surface area (Å²) in [4.78, 5) is 32.2. The van der Waals surface area contributed by atoms with E-state index in [1.807, 2.05) is 18.2 Å². The van der Waals surface area contributed by atoms with Crippen molar-refractivity contribution in [3.63, 3.8) is 0 Å². The predicted octanol–water partition coefficient (Wildman–Crippen LogP) is 1.49. The molecule has 1 atom stereocenters. The third-order valence-electron chi connectivity index (χ3n) is 6.73. The fourth-order valence-electron chi connectivity index (χ4n) is 4.74. The topological polar surface area (TPSA) is 83.1 Å². The zero-order chi connectivity index (χ0) is 22.6. The summed E-state index contributed by atoms with van der Waals surface area (Å²) in [5.74, 6) is 0.646. The van der Waals surface area contributed by atoms with E-state index in [4.69, 9.17) is 19.5 Å². The Morgan fingerprint density at radius 2 is 1.94 bits per heavy atom. The van der Waals surface area contributed by atoms with E-state index in [1.54, 1.807) is 17.2 Å². The molecule has 33 heavy (non-hydrogen) atoms. The average molecular weight is 453 g/mol. The first-order chi connectivity index (χ1) is 16.2. The standard InChI is InChI=1S/C24H32N6O3/c1-28-11-5-8-19(28)17-32-24-26-21-16-25-10-9-20(21)22(27-24)29-12-14-30(15-13-29)33-23(31)18-6-3-2-4-7-18/h2-4,6-7,19,25H,5,8-17H2,1H3/t19-/m0/s1. The monoisotopic (exact) mass is 452 g/mol. The first-order valence-corrected chi connectivity index (χ1v) is 11.9. The molecule has 3 aliphatic rings. The number of rotatable bonds is 6. The summed E-state index contributed by atoms with van der Waals surface area (Å²) in [6, 6.07) is 9.99. The highest BCUT2D eigenvalue weighted by molar-refractivity contribution is 5.89. The van der Waals surface area contributed by atoms with Gasteiger partial charge in [-0.2, -0.15) is 9.97 Å². The second kappa shape index (κ2) is 10.0. The Kier molecular flexibility index (Phi) is 6.70. The number of nitrogens with zero attached hydrogens (tertiary/aromatic N) is 5. The summed E-state index contributed by atoms with van der Waals surface area (Å²) in [5.41, 5.74) is 2.79. The molecule has 1 aromatic carbocycles. The summed E-state index contributed by atoms with van der Waals surface area (Å²) in [7, 11) is 2.15. The van der Waals surface area contributed by atoms with Gasteiger partial charge in [0.15, 0.2) is 0 Å². The molecule has 0 saturated carbocycles. The minimum Gasteiger partial charge on any atom is -0.462 e. The quantitative estimate of drug-likeness (QED) is 0.701. The van der Waals surface area contributed by atoms with E-state index in [1.165, 1.54) is 12.0 Å². The van der Waals surface area contributed by atoms with Crippen molar-refractivity contribution >= 4 is 11.8 Å². The maximum Gasteiger partial charge on any atom is 0.357 e. The maximum atomic E-state index is 12.4. The molecule has 3 aliphatic heterocycles. The normalized spacial score (nSPS) is 21.6. The summed E-state index contributed by atoms with van der Waals surface area (Å²) >= 11 is 0. The SMILES string of the molecule is CN1CCC[C@H]1COc1nc2c(c(N3CCN(OC(=O)c4ccccc4)CC3)n1)CCNC2. The molecule has 0 radical (unpaired) electrons. The number of carbonyl (C=O) groups excluding carboxylic acids is 1. The molecule has 176 valence electrons. The van der Waals surface area contributed by atoms with Crippen LogP contribution in [-0.2, 0) is 17.8 Å². The number of piperazine rings is 1. The number of ether oxygens (including phenoxy) is 1. The Hall–Kier alpha value is -2.75. The van der Waals surface area contributed by atoms with Gasteiger partial charge in [0.1, 0.15) is 12.4 Å². The molecule has 0 bridgehead atoms. The Bertz CT molecular complexity index is 964. The summed E-state index contributed by atoms with van der Waals surface area (Å²) in [6.07, 6.45) is 3.27. The Labute approximate surface area is 194 Å². The molecule has 0 aliphatic carbocycles. The second-order valence-electron chi connectivity index (χ2n) is 8.93. The molecule has 0 spiro atoms. The van der Waals surface area contributed by atoms with Crippen LogP contribution in [0.5, 0.6) is 6.01 Å². The fraction of sp³-hybridized carbons (Fsp3) is 0.542. The van der Waals surface area contributed by atoms with Crippen LogP contribution in [0.3, 0.4) is 0 Å². The zero-order valence-electron chi connectivity index (χ0n) is 19.2. The third kappa shape index (κ3) is 5.10. The van der Waals surface area contributed by atoms with Gasteiger partial charge in [0.2, 0.25) is 0 Å². The number of carbonyl (C=O) groups is 1. The minimum absolute atomic E-state index is 0.317. The van der Waals surface area contributed by atoms with Gasteiger partial charge in [-0.25, -0.2) is 4.79 Å². The number of benzene rings is 1. The van der Waals surface area contributed by atoms with Crippen LogP contribution in [0.15, 0.2) is 30.3 Å². The molecular weight excluding hydrogens is 420 g/mol. The molecular formula is C24H32N6O3. The van der Waals surface area contributed by atoms with E-state index in [-0.39, 0.29) is 5.97 Å². The van der Waals surface area contributed by atoms with Gasteiger partial charge >= 0.3 is 12.0 Å². The molecule has 2 fully saturated rings. The van der Waals surface area contributed by atoms with Crippen LogP contribution in [0.4, 0.5) is 5.82 Å². The molecule has 2 aromatic rings. The van der Waals surface area contributed by atoms with Crippen LogP contribution in [-0.4, -0.2) is 84.9 Å². The largest absolute Gasteiger partial charge is 0.462 e. The Morgan fingerprint density at radius 1 is 1.12 bits per heavy atom. The number of likely N-dealkylation sites (tertiary alicyclic amines) is 1. The van der Waals surface area contributed by atoms with Crippen LogP contribution >= 0.6 is 0 Å². The third-order valence-corrected chi connectivity index (χ3v) is 6.73. The van der Waals surface area contributed by atoms with Crippen molar-refractivity contribution in [2.75, 3.05) is 57.8 Å². The zero-order valence-corrected chi connectivity index (χ0v) is 19.2. The van der Waals surface area contributed by atoms with E-state index in [2.05, 4.69) is 22.2 Å². The molecule has 0 amide bonds. The van der Waals surface area contributed by atoms with Crippen LogP contribution < -0.4 is 15.0 Å². The molecule has 2 saturated heterocycles. The lowest BCUT2D eigenvalue weighted by Gasteiger charge is -2.35. The van der Waals surface area contributed by atoms with Crippen molar-refractivity contribution in [3.8, 4) is 6.01 Å². The smallest absolute Gasteiger partial charge is 0.357 e. The van der Waals surface area contributed by atoms with Crippen molar-refractivity contribution < 1.29 is 14.4 Å². The van der Waals surface area contributed by atoms with Crippen molar-refractivity contribution in [3.05, 3.63) is 47.2 Å². The van der Waals surface area contributed by atoms with Gasteiger partial charge < -0.3 is 24.7 Å². The van der Waals surface area contributed by atoms with E-state index < -0.39 is 0 Å². The minimum atomic E-state index is -0.317. The number of likely N-dealkylation sites (N-methyl/N-ethyl adjacent to an activating group) is 1. The molecule has 9 heteroatoms. The average Bonchev–Trinajstić information content (AvgIpc) is 3.28. The predicted molar refractivity (Wildman–Crippen MR) is 124 cm³/mol. The van der Waals surface area contributed by atoms with Gasteiger partial charge in [-0.05, 0) is 51.5 Å². The molecule has 5 rings (SSSR count). The number of hydrogen-bond acceptors (Lipinski definition) is 9. The van der Waals surface area contributed by atoms with Crippen molar-refractivity contribution in [2.24, 2.45) is 0 Å². The molecule has 0 unspecified atom stereocenters. The lowest BCUT2D eigenvalue weighted by molar-refractivity contribution is -0.112. The van der Waals surface area contributed by atoms with Crippen LogP contribution in [0.2, 0.25) is 0 Å². The van der Waals surface area contributed by atoms with E-state index >= 15 is 0 Å². The number of hydroxylamine groups is 2. The Morgan fingerprint density at radius 3 is 2.70 bits per heavy atom. The highest BCUT2D eigenvalue weighted by Crippen LogP contribution is 2.27. The summed E-state index contributed by atoms with van der Waals surface area (Å²) in [6.45, 7) is 6.09. The van der Waals surface area contributed by atoms with Crippen molar-refractivity contribution in [2.45, 2.75) is 31.8 Å². The van der Waals surface area contributed by atoms with E-state index in [9.17, 15) is 4.79 Å². The summed E-state index contributed by atoms with van der Waals surface area (Å²) in [5, 5.41) is 5.15. The number of nitrogens with one attached hydrogen (secondary N) is 1. The highest BCUT2D eigenvalue weighted by Gasteiger charge is 2.28. The lowest BCUT2D eigenvalue weighted by Crippen LogP contribution is -2.48. The first-order valence-electron chi connectivity index (χ1n) is 11.9. The summed E-state index contributed by atoms with van der Waals surface area (Å²) < 4.78 is 6.08. The number of fused-ring (bicyclic) bond motifs is 1. The first kappa shape index (κ1) is 22.1. The van der Waals surface area contributed by atoms with Gasteiger partial charge in [0, 0.05) is 31.2 Å². The molecule has 1 aromatic heterocycles. The second-order valence-corrected chi connectivity index (χ2v) is 8.93. The Balaban J connectivity index is 1.25. The van der Waals surface area contributed by atoms with Gasteiger partial charge in [-0.3, -0.25) is 0 Å². The van der Waals surface area contributed by atoms with Crippen molar-refractivity contribution in [1.29, 1.82) is 0 Å². The van der Waals surface area contributed by atoms with Crippen LogP contribution in [0, 0.1) is 0 Å². The van der Waals surface area contributed by atoms with Crippen LogP contribution in [0.25, 0.3) is 0 Å². The molecule has 1 N–H and O–H groups in total. The molecule has 9 nitrogen and oxygen atoms in total. The number of hydrogen-bond donors (Lipinski definition) is 1. The van der Waals surface area contributed by atoms with Gasteiger partial charge in [0.25, 0.3) is 0 Å². The van der Waals surface area contributed by atoms with Gasteiger partial charge in [0.05, 0.1) is 24.3 Å². The van der Waals surface area contributed by atoms with E-state index in [0.717, 1.165) is 57.1 Å².